The summed E-state index contributed by atoms with van der Waals surface area (Å²) in [5.41, 5.74) is 1.96. The number of likely N-dealkylation sites (N-methyl/N-ethyl adjacent to an activating group) is 1. The Hall–Kier alpha value is -0.620. The van der Waals surface area contributed by atoms with Crippen LogP contribution in [0.1, 0.15) is 24.0 Å². The highest BCUT2D eigenvalue weighted by Crippen LogP contribution is 2.18. The molecule has 1 aliphatic heterocycles. The van der Waals surface area contributed by atoms with Gasteiger partial charge in [-0.3, -0.25) is 0 Å². The molecule has 20 heavy (non-hydrogen) atoms. The van der Waals surface area contributed by atoms with Gasteiger partial charge >= 0.3 is 0 Å². The lowest BCUT2D eigenvalue weighted by Gasteiger charge is -2.31. The highest BCUT2D eigenvalue weighted by Gasteiger charge is 2.28. The number of aryl methyl sites for hydroxylation is 1. The van der Waals surface area contributed by atoms with E-state index in [1.165, 1.54) is 0 Å². The normalized spacial score (nSPS) is 20.4. The second kappa shape index (κ2) is 7.41. The maximum absolute atomic E-state index is 12.4. The Bertz CT molecular complexity index is 534. The number of nitrogens with zero attached hydrogens (tertiary/aromatic N) is 1. The molecule has 0 saturated carbocycles. The number of rotatable bonds is 4. The molecule has 1 fully saturated rings. The van der Waals surface area contributed by atoms with E-state index in [-0.39, 0.29) is 24.2 Å². The standard InChI is InChI=1S/C14H22N2O2S.ClH/c1-12-5-3-6-13(9-12)11-19(17,18)16-8-4-7-14(10-16)15-2;/h3,5-6,9,14-15H,4,7-8,10-11H2,1-2H3;1H. The van der Waals surface area contributed by atoms with E-state index < -0.39 is 10.0 Å². The monoisotopic (exact) mass is 318 g/mol. The number of sulfonamides is 1. The van der Waals surface area contributed by atoms with Gasteiger partial charge in [-0.2, -0.15) is 0 Å². The molecule has 0 aliphatic carbocycles. The number of piperidine rings is 1. The Morgan fingerprint density at radius 1 is 1.40 bits per heavy atom. The lowest BCUT2D eigenvalue weighted by molar-refractivity contribution is 0.292. The first-order chi connectivity index (χ1) is 9.01. The molecule has 0 aromatic heterocycles. The van der Waals surface area contributed by atoms with Gasteiger partial charge in [0.05, 0.1) is 5.75 Å². The first-order valence-corrected chi connectivity index (χ1v) is 8.33. The summed E-state index contributed by atoms with van der Waals surface area (Å²) in [6.45, 7) is 3.21. The summed E-state index contributed by atoms with van der Waals surface area (Å²) in [4.78, 5) is 0. The molecule has 1 unspecified atom stereocenters. The van der Waals surface area contributed by atoms with E-state index in [1.54, 1.807) is 4.31 Å². The average Bonchev–Trinajstić information content (AvgIpc) is 2.38. The molecule has 1 aliphatic rings. The van der Waals surface area contributed by atoms with E-state index in [9.17, 15) is 8.42 Å². The van der Waals surface area contributed by atoms with Gasteiger partial charge in [-0.1, -0.05) is 29.8 Å². The van der Waals surface area contributed by atoms with Crippen LogP contribution in [0.3, 0.4) is 0 Å². The van der Waals surface area contributed by atoms with E-state index >= 15 is 0 Å². The van der Waals surface area contributed by atoms with Crippen LogP contribution in [0.4, 0.5) is 0 Å². The Balaban J connectivity index is 0.00000200. The van der Waals surface area contributed by atoms with E-state index in [4.69, 9.17) is 0 Å². The van der Waals surface area contributed by atoms with Crippen molar-refractivity contribution in [2.24, 2.45) is 0 Å². The maximum Gasteiger partial charge on any atom is 0.218 e. The van der Waals surface area contributed by atoms with Crippen LogP contribution in [0.2, 0.25) is 0 Å². The SMILES string of the molecule is CNC1CCCN(S(=O)(=O)Cc2cccc(C)c2)C1.Cl. The highest BCUT2D eigenvalue weighted by molar-refractivity contribution is 7.88. The minimum absolute atomic E-state index is 0. The lowest BCUT2D eigenvalue weighted by Crippen LogP contribution is -2.47. The predicted octanol–water partition coefficient (Wildman–Crippen LogP) is 1.93. The molecule has 1 aromatic carbocycles. The maximum atomic E-state index is 12.4. The number of hydrogen-bond donors (Lipinski definition) is 1. The first kappa shape index (κ1) is 17.4. The van der Waals surface area contributed by atoms with Crippen LogP contribution in [0.15, 0.2) is 24.3 Å². The summed E-state index contributed by atoms with van der Waals surface area (Å²) < 4.78 is 26.5. The second-order valence-electron chi connectivity index (χ2n) is 5.23. The van der Waals surface area contributed by atoms with Gasteiger partial charge in [0.15, 0.2) is 0 Å². The molecule has 0 radical (unpaired) electrons. The fourth-order valence-electron chi connectivity index (χ4n) is 2.53. The average molecular weight is 319 g/mol. The zero-order valence-corrected chi connectivity index (χ0v) is 13.6. The third kappa shape index (κ3) is 4.45. The molecular formula is C14H23ClN2O2S. The Morgan fingerprint density at radius 2 is 2.15 bits per heavy atom. The Labute approximate surface area is 128 Å². The minimum atomic E-state index is -3.20. The smallest absolute Gasteiger partial charge is 0.218 e. The number of hydrogen-bond acceptors (Lipinski definition) is 3. The Morgan fingerprint density at radius 3 is 2.80 bits per heavy atom. The quantitative estimate of drug-likeness (QED) is 0.923. The molecule has 4 nitrogen and oxygen atoms in total. The first-order valence-electron chi connectivity index (χ1n) is 6.72. The molecule has 0 bridgehead atoms. The molecular weight excluding hydrogens is 296 g/mol. The molecule has 6 heteroatoms. The van der Waals surface area contributed by atoms with Crippen molar-refractivity contribution >= 4 is 22.4 Å². The summed E-state index contributed by atoms with van der Waals surface area (Å²) in [5.74, 6) is 0.102. The van der Waals surface area contributed by atoms with Crippen molar-refractivity contribution in [3.05, 3.63) is 35.4 Å². The molecule has 2 rings (SSSR count). The second-order valence-corrected chi connectivity index (χ2v) is 7.20. The van der Waals surface area contributed by atoms with Crippen LogP contribution in [-0.4, -0.2) is 38.9 Å². The van der Waals surface area contributed by atoms with Crippen LogP contribution in [-0.2, 0) is 15.8 Å². The lowest BCUT2D eigenvalue weighted by atomic mass is 10.1. The highest BCUT2D eigenvalue weighted by atomic mass is 35.5. The predicted molar refractivity (Wildman–Crippen MR) is 84.7 cm³/mol. The summed E-state index contributed by atoms with van der Waals surface area (Å²) in [7, 11) is -1.31. The molecule has 0 amide bonds. The van der Waals surface area contributed by atoms with Gasteiger partial charge in [-0.15, -0.1) is 12.4 Å². The largest absolute Gasteiger partial charge is 0.316 e. The zero-order chi connectivity index (χ0) is 13.9. The molecule has 114 valence electrons. The zero-order valence-electron chi connectivity index (χ0n) is 12.0. The van der Waals surface area contributed by atoms with Gasteiger partial charge in [0.2, 0.25) is 10.0 Å². The molecule has 1 N–H and O–H groups in total. The van der Waals surface area contributed by atoms with E-state index in [0.29, 0.717) is 13.1 Å². The molecule has 1 saturated heterocycles. The summed E-state index contributed by atoms with van der Waals surface area (Å²) in [5, 5.41) is 3.17. The summed E-state index contributed by atoms with van der Waals surface area (Å²) >= 11 is 0. The fourth-order valence-corrected chi connectivity index (χ4v) is 4.13. The van der Waals surface area contributed by atoms with Crippen LogP contribution >= 0.6 is 12.4 Å². The van der Waals surface area contributed by atoms with Crippen LogP contribution < -0.4 is 5.32 Å². The van der Waals surface area contributed by atoms with Crippen molar-refractivity contribution in [2.75, 3.05) is 20.1 Å². The number of halogens is 1. The molecule has 1 atom stereocenters. The summed E-state index contributed by atoms with van der Waals surface area (Å²) in [6.07, 6.45) is 1.98. The van der Waals surface area contributed by atoms with E-state index in [1.807, 2.05) is 38.2 Å². The van der Waals surface area contributed by atoms with Gasteiger partial charge in [0.25, 0.3) is 0 Å². The van der Waals surface area contributed by atoms with Gasteiger partial charge in [0.1, 0.15) is 0 Å². The topological polar surface area (TPSA) is 49.4 Å². The van der Waals surface area contributed by atoms with Gasteiger partial charge < -0.3 is 5.32 Å². The van der Waals surface area contributed by atoms with Crippen molar-refractivity contribution in [1.29, 1.82) is 0 Å². The van der Waals surface area contributed by atoms with Crippen molar-refractivity contribution in [2.45, 2.75) is 31.6 Å². The van der Waals surface area contributed by atoms with Crippen LogP contribution in [0, 0.1) is 6.92 Å². The molecule has 1 aromatic rings. The van der Waals surface area contributed by atoms with Crippen LogP contribution in [0.25, 0.3) is 0 Å². The molecule has 0 spiro atoms. The fraction of sp³-hybridized carbons (Fsp3) is 0.571. The minimum Gasteiger partial charge on any atom is -0.316 e. The van der Waals surface area contributed by atoms with Crippen molar-refractivity contribution in [1.82, 2.24) is 9.62 Å². The Kier molecular flexibility index (Phi) is 6.45. The molecule has 1 heterocycles. The third-order valence-electron chi connectivity index (χ3n) is 3.62. The van der Waals surface area contributed by atoms with E-state index in [0.717, 1.165) is 24.0 Å². The van der Waals surface area contributed by atoms with Crippen molar-refractivity contribution < 1.29 is 8.42 Å². The van der Waals surface area contributed by atoms with Gasteiger partial charge in [0, 0.05) is 19.1 Å². The number of nitrogens with one attached hydrogen (secondary N) is 1. The van der Waals surface area contributed by atoms with E-state index in [2.05, 4.69) is 5.32 Å². The number of benzene rings is 1. The third-order valence-corrected chi connectivity index (χ3v) is 5.43. The van der Waals surface area contributed by atoms with Crippen LogP contribution in [0.5, 0.6) is 0 Å². The van der Waals surface area contributed by atoms with Crippen molar-refractivity contribution in [3.63, 3.8) is 0 Å². The van der Waals surface area contributed by atoms with Crippen molar-refractivity contribution in [3.8, 4) is 0 Å². The van der Waals surface area contributed by atoms with Gasteiger partial charge in [-0.25, -0.2) is 12.7 Å². The van der Waals surface area contributed by atoms with Gasteiger partial charge in [-0.05, 0) is 32.4 Å². The summed E-state index contributed by atoms with van der Waals surface area (Å²) in [6, 6.07) is 7.99.